The normalized spacial score (nSPS) is 36.5. The van der Waals surface area contributed by atoms with E-state index >= 15 is 0 Å². The average Bonchev–Trinajstić information content (AvgIpc) is 3.61. The molecule has 0 spiro atoms. The number of aliphatic hydroxyl groups is 2. The number of benzene rings is 2. The van der Waals surface area contributed by atoms with Crippen molar-refractivity contribution in [3.8, 4) is 23.0 Å². The Balaban J connectivity index is 1.32. The van der Waals surface area contributed by atoms with Crippen molar-refractivity contribution >= 4 is 5.97 Å². The number of rotatable bonds is 5. The van der Waals surface area contributed by atoms with Crippen LogP contribution in [0.5, 0.6) is 23.0 Å². The predicted octanol–water partition coefficient (Wildman–Crippen LogP) is 1.94. The van der Waals surface area contributed by atoms with Crippen LogP contribution in [-0.2, 0) is 28.5 Å². The molecule has 226 valence electrons. The van der Waals surface area contributed by atoms with Gasteiger partial charge in [-0.15, -0.1) is 0 Å². The number of carbonyl (C=O) groups is 1. The molecule has 0 bridgehead atoms. The average molecular weight is 587 g/mol. The van der Waals surface area contributed by atoms with Crippen LogP contribution in [0, 0.1) is 18.8 Å². The summed E-state index contributed by atoms with van der Waals surface area (Å²) < 4.78 is 52.3. The SMILES string of the molecule is COc1cc(C2c3cc4c(cc3[C@@H](OC3OC5COC(C)OC5C(O)C3O)[C@H]3COC(=O)C23)OCO4)cc(OC)c1C. The highest BCUT2D eigenvalue weighted by atomic mass is 16.8. The van der Waals surface area contributed by atoms with E-state index < -0.39 is 60.9 Å². The Morgan fingerprint density at radius 2 is 1.57 bits per heavy atom. The van der Waals surface area contributed by atoms with Gasteiger partial charge in [-0.05, 0) is 54.8 Å². The van der Waals surface area contributed by atoms with Crippen molar-refractivity contribution < 1.29 is 57.6 Å². The minimum absolute atomic E-state index is 0.0631. The van der Waals surface area contributed by atoms with Crippen LogP contribution in [0.25, 0.3) is 0 Å². The molecule has 2 aromatic rings. The lowest BCUT2D eigenvalue weighted by atomic mass is 9.66. The Hall–Kier alpha value is -3.13. The monoisotopic (exact) mass is 586 g/mol. The first kappa shape index (κ1) is 27.7. The van der Waals surface area contributed by atoms with E-state index in [0.29, 0.717) is 23.0 Å². The van der Waals surface area contributed by atoms with Crippen molar-refractivity contribution in [3.63, 3.8) is 0 Å². The lowest BCUT2D eigenvalue weighted by Gasteiger charge is -2.47. The van der Waals surface area contributed by atoms with Gasteiger partial charge in [0.1, 0.15) is 35.9 Å². The van der Waals surface area contributed by atoms with Crippen LogP contribution in [0.3, 0.4) is 0 Å². The van der Waals surface area contributed by atoms with Gasteiger partial charge in [-0.3, -0.25) is 4.79 Å². The summed E-state index contributed by atoms with van der Waals surface area (Å²) in [6, 6.07) is 7.54. The molecule has 7 rings (SSSR count). The lowest BCUT2D eigenvalue weighted by Crippen LogP contribution is -2.63. The largest absolute Gasteiger partial charge is 0.496 e. The van der Waals surface area contributed by atoms with E-state index in [2.05, 4.69) is 0 Å². The van der Waals surface area contributed by atoms with Crippen LogP contribution in [0.1, 0.15) is 41.2 Å². The molecule has 1 aliphatic carbocycles. The first-order valence-electron chi connectivity index (χ1n) is 14.1. The first-order chi connectivity index (χ1) is 20.3. The maximum atomic E-state index is 13.4. The van der Waals surface area contributed by atoms with Gasteiger partial charge in [-0.25, -0.2) is 0 Å². The highest BCUT2D eigenvalue weighted by Gasteiger charge is 2.56. The van der Waals surface area contributed by atoms with Crippen LogP contribution in [-0.4, -0.2) is 87.4 Å². The fraction of sp³-hybridized carbons (Fsp3) is 0.567. The molecule has 0 radical (unpaired) electrons. The molecular weight excluding hydrogens is 552 g/mol. The van der Waals surface area contributed by atoms with Crippen LogP contribution >= 0.6 is 0 Å². The molecule has 8 unspecified atom stereocenters. The molecular formula is C30H34O12. The van der Waals surface area contributed by atoms with Gasteiger partial charge in [0.25, 0.3) is 0 Å². The number of fused-ring (bicyclic) bond motifs is 4. The van der Waals surface area contributed by atoms with Gasteiger partial charge in [-0.1, -0.05) is 0 Å². The third-order valence-electron chi connectivity index (χ3n) is 9.02. The molecule has 2 N–H and O–H groups in total. The van der Waals surface area contributed by atoms with Gasteiger partial charge < -0.3 is 52.8 Å². The van der Waals surface area contributed by atoms with E-state index in [0.717, 1.165) is 22.3 Å². The van der Waals surface area contributed by atoms with Crippen molar-refractivity contribution in [2.24, 2.45) is 11.8 Å². The molecule has 4 aliphatic heterocycles. The maximum Gasteiger partial charge on any atom is 0.310 e. The molecule has 5 aliphatic rings. The van der Waals surface area contributed by atoms with Gasteiger partial charge in [0.15, 0.2) is 24.1 Å². The summed E-state index contributed by atoms with van der Waals surface area (Å²) in [6.45, 7) is 3.95. The first-order valence-corrected chi connectivity index (χ1v) is 14.1. The van der Waals surface area contributed by atoms with E-state index in [1.165, 1.54) is 0 Å². The van der Waals surface area contributed by atoms with Crippen molar-refractivity contribution in [1.82, 2.24) is 0 Å². The molecule has 3 fully saturated rings. The van der Waals surface area contributed by atoms with Gasteiger partial charge in [0.05, 0.1) is 39.5 Å². The number of carbonyl (C=O) groups excluding carboxylic acids is 1. The van der Waals surface area contributed by atoms with Crippen LogP contribution < -0.4 is 18.9 Å². The lowest BCUT2D eigenvalue weighted by molar-refractivity contribution is -0.364. The quantitative estimate of drug-likeness (QED) is 0.495. The fourth-order valence-corrected chi connectivity index (χ4v) is 6.93. The predicted molar refractivity (Wildman–Crippen MR) is 141 cm³/mol. The number of hydrogen-bond acceptors (Lipinski definition) is 12. The molecule has 0 saturated carbocycles. The van der Waals surface area contributed by atoms with E-state index in [9.17, 15) is 15.0 Å². The Morgan fingerprint density at radius 3 is 2.26 bits per heavy atom. The molecule has 42 heavy (non-hydrogen) atoms. The number of ether oxygens (including phenoxy) is 9. The minimum atomic E-state index is -1.41. The van der Waals surface area contributed by atoms with Gasteiger partial charge in [0.2, 0.25) is 6.79 Å². The summed E-state index contributed by atoms with van der Waals surface area (Å²) in [5.74, 6) is 0.435. The molecule has 3 saturated heterocycles. The third-order valence-corrected chi connectivity index (χ3v) is 9.02. The smallest absolute Gasteiger partial charge is 0.310 e. The Bertz CT molecular complexity index is 1350. The number of methoxy groups -OCH3 is 2. The fourth-order valence-electron chi connectivity index (χ4n) is 6.93. The summed E-state index contributed by atoms with van der Waals surface area (Å²) in [4.78, 5) is 13.4. The summed E-state index contributed by atoms with van der Waals surface area (Å²) in [6.07, 6.45) is -6.60. The molecule has 0 aromatic heterocycles. The molecule has 12 nitrogen and oxygen atoms in total. The van der Waals surface area contributed by atoms with Crippen molar-refractivity contribution in [3.05, 3.63) is 46.5 Å². The van der Waals surface area contributed by atoms with Gasteiger partial charge in [0, 0.05) is 17.4 Å². The molecule has 12 heteroatoms. The van der Waals surface area contributed by atoms with E-state index in [-0.39, 0.29) is 26.0 Å². The number of cyclic esters (lactones) is 1. The van der Waals surface area contributed by atoms with Crippen LogP contribution in [0.2, 0.25) is 0 Å². The molecule has 10 atom stereocenters. The van der Waals surface area contributed by atoms with E-state index in [1.807, 2.05) is 31.2 Å². The van der Waals surface area contributed by atoms with Crippen molar-refractivity contribution in [1.29, 1.82) is 0 Å². The van der Waals surface area contributed by atoms with Gasteiger partial charge >= 0.3 is 5.97 Å². The van der Waals surface area contributed by atoms with E-state index in [4.69, 9.17) is 42.6 Å². The second-order valence-electron chi connectivity index (χ2n) is 11.3. The number of aliphatic hydroxyl groups excluding tert-OH is 2. The van der Waals surface area contributed by atoms with Crippen molar-refractivity contribution in [2.45, 2.75) is 62.9 Å². The number of esters is 1. The maximum absolute atomic E-state index is 13.4. The van der Waals surface area contributed by atoms with Crippen LogP contribution in [0.4, 0.5) is 0 Å². The number of hydrogen-bond donors (Lipinski definition) is 2. The minimum Gasteiger partial charge on any atom is -0.496 e. The third kappa shape index (κ3) is 4.31. The Labute approximate surface area is 242 Å². The molecule has 0 amide bonds. The molecule has 2 aromatic carbocycles. The summed E-state index contributed by atoms with van der Waals surface area (Å²) in [5, 5.41) is 22.0. The zero-order valence-corrected chi connectivity index (χ0v) is 23.7. The zero-order chi connectivity index (χ0) is 29.3. The standard InChI is InChI=1S/C30H34O12/c1-12-18(34-3)5-14(6-19(12)35-4)23-15-7-20-21(39-11-38-20)8-16(15)27(17-9-37-29(33)24(17)23)42-30-26(32)25(31)28-22(41-30)10-36-13(2)40-28/h5-8,13,17,22-28,30-32H,9-11H2,1-4H3/t13?,17-,22?,23?,24?,25?,26?,27+,28?,30?/m0/s1. The summed E-state index contributed by atoms with van der Waals surface area (Å²) in [5.41, 5.74) is 3.15. The second-order valence-corrected chi connectivity index (χ2v) is 11.3. The highest BCUT2D eigenvalue weighted by Crippen LogP contribution is 2.56. The topological polar surface area (TPSA) is 141 Å². The molecule has 4 heterocycles. The summed E-state index contributed by atoms with van der Waals surface area (Å²) in [7, 11) is 3.18. The highest BCUT2D eigenvalue weighted by molar-refractivity contribution is 5.79. The Morgan fingerprint density at radius 1 is 0.881 bits per heavy atom. The van der Waals surface area contributed by atoms with Gasteiger partial charge in [-0.2, -0.15) is 0 Å². The van der Waals surface area contributed by atoms with Crippen molar-refractivity contribution in [2.75, 3.05) is 34.2 Å². The second kappa shape index (κ2) is 10.5. The van der Waals surface area contributed by atoms with E-state index in [1.54, 1.807) is 21.1 Å². The van der Waals surface area contributed by atoms with Crippen LogP contribution in [0.15, 0.2) is 24.3 Å². The zero-order valence-electron chi connectivity index (χ0n) is 23.7. The summed E-state index contributed by atoms with van der Waals surface area (Å²) >= 11 is 0. The Kier molecular flexibility index (Phi) is 6.95.